The largest absolute Gasteiger partial charge is 0.383 e. The molecule has 2 amide bonds. The molecule has 0 atom stereocenters. The summed E-state index contributed by atoms with van der Waals surface area (Å²) in [5.74, 6) is 0.162. The van der Waals surface area contributed by atoms with Crippen LogP contribution in [0.2, 0.25) is 0 Å². The minimum absolute atomic E-state index is 0.0342. The Morgan fingerprint density at radius 1 is 1.05 bits per heavy atom. The van der Waals surface area contributed by atoms with Crippen LogP contribution in [-0.4, -0.2) is 87.2 Å². The number of carbonyl (C=O) groups is 2. The third kappa shape index (κ3) is 6.41. The SMILES string of the molecule is COCCNC(=O)CN1CCN(CC(=O)NC2CC2)CC1. The molecule has 1 aliphatic carbocycles. The fourth-order valence-electron chi connectivity index (χ4n) is 2.36. The number of hydrogen-bond donors (Lipinski definition) is 2. The summed E-state index contributed by atoms with van der Waals surface area (Å²) in [7, 11) is 1.62. The quantitative estimate of drug-likeness (QED) is 0.542. The lowest BCUT2D eigenvalue weighted by Crippen LogP contribution is -2.51. The van der Waals surface area contributed by atoms with Crippen molar-refractivity contribution in [1.29, 1.82) is 0 Å². The third-order valence-corrected chi connectivity index (χ3v) is 3.77. The van der Waals surface area contributed by atoms with Crippen LogP contribution in [0.3, 0.4) is 0 Å². The second-order valence-corrected chi connectivity index (χ2v) is 5.74. The van der Waals surface area contributed by atoms with E-state index in [4.69, 9.17) is 4.74 Å². The summed E-state index contributed by atoms with van der Waals surface area (Å²) in [5.41, 5.74) is 0. The van der Waals surface area contributed by atoms with E-state index in [9.17, 15) is 9.59 Å². The molecule has 7 nitrogen and oxygen atoms in total. The molecule has 0 bridgehead atoms. The zero-order chi connectivity index (χ0) is 15.1. The highest BCUT2D eigenvalue weighted by Gasteiger charge is 2.25. The Labute approximate surface area is 126 Å². The molecule has 0 aromatic carbocycles. The number of rotatable bonds is 8. The number of piperazine rings is 1. The van der Waals surface area contributed by atoms with Crippen molar-refractivity contribution in [3.8, 4) is 0 Å². The summed E-state index contributed by atoms with van der Waals surface area (Å²) in [6.07, 6.45) is 2.25. The molecule has 0 spiro atoms. The molecule has 1 aliphatic heterocycles. The monoisotopic (exact) mass is 298 g/mol. The van der Waals surface area contributed by atoms with Gasteiger partial charge in [-0.15, -0.1) is 0 Å². The van der Waals surface area contributed by atoms with Crippen LogP contribution < -0.4 is 10.6 Å². The molecule has 0 unspecified atom stereocenters. The third-order valence-electron chi connectivity index (χ3n) is 3.77. The second-order valence-electron chi connectivity index (χ2n) is 5.74. The van der Waals surface area contributed by atoms with E-state index in [1.165, 1.54) is 0 Å². The molecular weight excluding hydrogens is 272 g/mol. The van der Waals surface area contributed by atoms with Crippen LogP contribution in [0.25, 0.3) is 0 Å². The van der Waals surface area contributed by atoms with E-state index in [-0.39, 0.29) is 11.8 Å². The molecule has 0 aromatic rings. The topological polar surface area (TPSA) is 73.9 Å². The Hall–Kier alpha value is -1.18. The summed E-state index contributed by atoms with van der Waals surface area (Å²) in [6, 6.07) is 0.426. The molecular formula is C14H26N4O3. The molecule has 7 heteroatoms. The van der Waals surface area contributed by atoms with Gasteiger partial charge in [0.25, 0.3) is 0 Å². The van der Waals surface area contributed by atoms with E-state index < -0.39 is 0 Å². The highest BCUT2D eigenvalue weighted by Crippen LogP contribution is 2.18. The van der Waals surface area contributed by atoms with Crippen LogP contribution in [0.15, 0.2) is 0 Å². The normalized spacial score (nSPS) is 20.2. The van der Waals surface area contributed by atoms with E-state index in [1.807, 2.05) is 0 Å². The Balaban J connectivity index is 1.56. The van der Waals surface area contributed by atoms with Crippen LogP contribution in [0.5, 0.6) is 0 Å². The van der Waals surface area contributed by atoms with Gasteiger partial charge in [0.05, 0.1) is 19.7 Å². The van der Waals surface area contributed by atoms with Gasteiger partial charge in [-0.05, 0) is 12.8 Å². The fraction of sp³-hybridized carbons (Fsp3) is 0.857. The van der Waals surface area contributed by atoms with E-state index in [2.05, 4.69) is 20.4 Å². The van der Waals surface area contributed by atoms with Gasteiger partial charge in [-0.1, -0.05) is 0 Å². The zero-order valence-electron chi connectivity index (χ0n) is 12.8. The van der Waals surface area contributed by atoms with Crippen molar-refractivity contribution in [3.63, 3.8) is 0 Å². The molecule has 0 radical (unpaired) electrons. The number of ether oxygens (including phenoxy) is 1. The fourth-order valence-corrected chi connectivity index (χ4v) is 2.36. The summed E-state index contributed by atoms with van der Waals surface area (Å²) < 4.78 is 4.89. The molecule has 2 N–H and O–H groups in total. The number of carbonyl (C=O) groups excluding carboxylic acids is 2. The molecule has 2 rings (SSSR count). The average Bonchev–Trinajstić information content (AvgIpc) is 3.25. The lowest BCUT2D eigenvalue weighted by atomic mass is 10.3. The van der Waals surface area contributed by atoms with Crippen molar-refractivity contribution in [3.05, 3.63) is 0 Å². The lowest BCUT2D eigenvalue weighted by Gasteiger charge is -2.33. The van der Waals surface area contributed by atoms with Crippen LogP contribution >= 0.6 is 0 Å². The number of amides is 2. The maximum absolute atomic E-state index is 11.7. The van der Waals surface area contributed by atoms with E-state index >= 15 is 0 Å². The first-order chi connectivity index (χ1) is 10.2. The van der Waals surface area contributed by atoms with Crippen molar-refractivity contribution < 1.29 is 14.3 Å². The van der Waals surface area contributed by atoms with Gasteiger partial charge in [0.1, 0.15) is 0 Å². The Bertz CT molecular complexity index is 352. The molecule has 2 aliphatic rings. The van der Waals surface area contributed by atoms with Crippen molar-refractivity contribution >= 4 is 11.8 Å². The number of nitrogens with one attached hydrogen (secondary N) is 2. The predicted octanol–water partition coefficient (Wildman–Crippen LogP) is -1.35. The molecule has 120 valence electrons. The Morgan fingerprint density at radius 2 is 1.62 bits per heavy atom. The minimum atomic E-state index is 0.0342. The summed E-state index contributed by atoms with van der Waals surface area (Å²) in [4.78, 5) is 27.7. The Morgan fingerprint density at radius 3 is 2.14 bits per heavy atom. The van der Waals surface area contributed by atoms with Crippen molar-refractivity contribution in [1.82, 2.24) is 20.4 Å². The summed E-state index contributed by atoms with van der Waals surface area (Å²) in [6.45, 7) is 5.32. The van der Waals surface area contributed by atoms with Gasteiger partial charge in [-0.25, -0.2) is 0 Å². The number of hydrogen-bond acceptors (Lipinski definition) is 5. The molecule has 1 saturated carbocycles. The highest BCUT2D eigenvalue weighted by molar-refractivity contribution is 5.79. The van der Waals surface area contributed by atoms with Crippen LogP contribution in [-0.2, 0) is 14.3 Å². The molecule has 1 saturated heterocycles. The number of nitrogens with zero attached hydrogens (tertiary/aromatic N) is 2. The van der Waals surface area contributed by atoms with Crippen molar-refractivity contribution in [2.45, 2.75) is 18.9 Å². The molecule has 2 fully saturated rings. The highest BCUT2D eigenvalue weighted by atomic mass is 16.5. The Kier molecular flexibility index (Phi) is 6.41. The van der Waals surface area contributed by atoms with Crippen LogP contribution in [0.1, 0.15) is 12.8 Å². The lowest BCUT2D eigenvalue weighted by molar-refractivity contribution is -0.125. The zero-order valence-corrected chi connectivity index (χ0v) is 12.8. The van der Waals surface area contributed by atoms with Gasteiger partial charge in [0, 0.05) is 45.9 Å². The first-order valence-corrected chi connectivity index (χ1v) is 7.67. The maximum Gasteiger partial charge on any atom is 0.234 e. The van der Waals surface area contributed by atoms with E-state index in [0.717, 1.165) is 39.0 Å². The van der Waals surface area contributed by atoms with Crippen molar-refractivity contribution in [2.75, 3.05) is 59.5 Å². The predicted molar refractivity (Wildman–Crippen MR) is 78.9 cm³/mol. The molecule has 0 aromatic heterocycles. The van der Waals surface area contributed by atoms with Crippen molar-refractivity contribution in [2.24, 2.45) is 0 Å². The number of methoxy groups -OCH3 is 1. The van der Waals surface area contributed by atoms with Crippen LogP contribution in [0, 0.1) is 0 Å². The molecule has 21 heavy (non-hydrogen) atoms. The summed E-state index contributed by atoms with van der Waals surface area (Å²) in [5, 5.41) is 5.82. The smallest absolute Gasteiger partial charge is 0.234 e. The maximum atomic E-state index is 11.7. The first kappa shape index (κ1) is 16.2. The van der Waals surface area contributed by atoms with Gasteiger partial charge in [-0.2, -0.15) is 0 Å². The molecule has 1 heterocycles. The van der Waals surface area contributed by atoms with Gasteiger partial charge in [0.15, 0.2) is 0 Å². The van der Waals surface area contributed by atoms with Gasteiger partial charge in [-0.3, -0.25) is 19.4 Å². The second kappa shape index (κ2) is 8.31. The van der Waals surface area contributed by atoms with Gasteiger partial charge in [0.2, 0.25) is 11.8 Å². The first-order valence-electron chi connectivity index (χ1n) is 7.67. The minimum Gasteiger partial charge on any atom is -0.383 e. The standard InChI is InChI=1S/C14H26N4O3/c1-21-9-4-15-13(19)10-17-5-7-18(8-6-17)11-14(20)16-12-2-3-12/h12H,2-11H2,1H3,(H,15,19)(H,16,20). The summed E-state index contributed by atoms with van der Waals surface area (Å²) >= 11 is 0. The average molecular weight is 298 g/mol. The van der Waals surface area contributed by atoms with E-state index in [1.54, 1.807) is 7.11 Å². The van der Waals surface area contributed by atoms with Gasteiger partial charge < -0.3 is 15.4 Å². The van der Waals surface area contributed by atoms with Crippen LogP contribution in [0.4, 0.5) is 0 Å². The van der Waals surface area contributed by atoms with Gasteiger partial charge >= 0.3 is 0 Å². The van der Waals surface area contributed by atoms with E-state index in [0.29, 0.717) is 32.3 Å².